The molecule has 1 saturated heterocycles. The lowest BCUT2D eigenvalue weighted by atomic mass is 9.90. The lowest BCUT2D eigenvalue weighted by Crippen LogP contribution is -2.43. The van der Waals surface area contributed by atoms with E-state index in [9.17, 15) is 4.79 Å². The number of benzene rings is 1. The van der Waals surface area contributed by atoms with Crippen molar-refractivity contribution in [2.24, 2.45) is 17.8 Å². The summed E-state index contributed by atoms with van der Waals surface area (Å²) in [5.41, 5.74) is 0.939. The molecule has 5 nitrogen and oxygen atoms in total. The zero-order valence-corrected chi connectivity index (χ0v) is 14.8. The molecule has 134 valence electrons. The molecule has 2 bridgehead atoms. The van der Waals surface area contributed by atoms with Gasteiger partial charge in [0, 0.05) is 18.0 Å². The number of nitrogens with zero attached hydrogens (tertiary/aromatic N) is 3. The van der Waals surface area contributed by atoms with Crippen LogP contribution in [-0.4, -0.2) is 27.5 Å². The van der Waals surface area contributed by atoms with Crippen LogP contribution in [0.25, 0.3) is 11.4 Å². The molecule has 1 amide bonds. The Bertz CT molecular complexity index is 829. The number of piperidine rings is 1. The number of carbonyl (C=O) groups excluding carboxylic acids is 1. The Hall–Kier alpha value is -2.43. The van der Waals surface area contributed by atoms with Gasteiger partial charge in [-0.2, -0.15) is 4.98 Å². The molecule has 4 atom stereocenters. The number of carbonyl (C=O) groups is 1. The van der Waals surface area contributed by atoms with Crippen molar-refractivity contribution < 1.29 is 9.32 Å². The summed E-state index contributed by atoms with van der Waals surface area (Å²) in [6.45, 7) is 0.796. The van der Waals surface area contributed by atoms with E-state index < -0.39 is 0 Å². The van der Waals surface area contributed by atoms with E-state index in [1.54, 1.807) is 0 Å². The van der Waals surface area contributed by atoms with Gasteiger partial charge in [0.1, 0.15) is 6.04 Å². The molecule has 1 aromatic carbocycles. The molecule has 1 aliphatic heterocycles. The first-order valence-electron chi connectivity index (χ1n) is 9.67. The molecule has 0 N–H and O–H groups in total. The summed E-state index contributed by atoms with van der Waals surface area (Å²) in [6, 6.07) is 9.76. The highest BCUT2D eigenvalue weighted by Crippen LogP contribution is 2.45. The Labute approximate surface area is 153 Å². The lowest BCUT2D eigenvalue weighted by Gasteiger charge is -2.36. The number of rotatable bonds is 3. The number of allylic oxidation sites excluding steroid dienone is 2. The van der Waals surface area contributed by atoms with Gasteiger partial charge in [-0.25, -0.2) is 0 Å². The fourth-order valence-electron chi connectivity index (χ4n) is 4.80. The van der Waals surface area contributed by atoms with Crippen molar-refractivity contribution in [2.75, 3.05) is 6.54 Å². The minimum atomic E-state index is -0.0793. The number of amides is 1. The smallest absolute Gasteiger partial charge is 0.249 e. The van der Waals surface area contributed by atoms with Crippen molar-refractivity contribution in [3.63, 3.8) is 0 Å². The number of fused-ring (bicyclic) bond motifs is 2. The van der Waals surface area contributed by atoms with Crippen LogP contribution in [0.2, 0.25) is 0 Å². The SMILES string of the molecule is O=C([C@@H]1C[C@@H]2C=C[C@@H]1C2)N1CCCC[C@@H]1c1nc(-c2ccccc2)no1. The highest BCUT2D eigenvalue weighted by Gasteiger charge is 2.44. The van der Waals surface area contributed by atoms with Crippen molar-refractivity contribution in [3.05, 3.63) is 48.4 Å². The van der Waals surface area contributed by atoms with E-state index in [2.05, 4.69) is 22.3 Å². The molecule has 2 aliphatic carbocycles. The van der Waals surface area contributed by atoms with E-state index in [1.807, 2.05) is 35.2 Å². The molecule has 2 heterocycles. The summed E-state index contributed by atoms with van der Waals surface area (Å²) in [7, 11) is 0. The Morgan fingerprint density at radius 3 is 2.77 bits per heavy atom. The standard InChI is InChI=1S/C21H23N3O2/c25-21(17-13-14-9-10-16(17)12-14)24-11-5-4-8-18(24)20-22-19(23-26-20)15-6-2-1-3-7-15/h1-3,6-7,9-10,14,16-18H,4-5,8,11-13H2/t14-,16-,17-,18-/m1/s1. The Balaban J connectivity index is 1.39. The van der Waals surface area contributed by atoms with Gasteiger partial charge in [0.25, 0.3) is 0 Å². The van der Waals surface area contributed by atoms with Gasteiger partial charge in [-0.3, -0.25) is 4.79 Å². The highest BCUT2D eigenvalue weighted by atomic mass is 16.5. The van der Waals surface area contributed by atoms with E-state index in [0.29, 0.717) is 23.6 Å². The second-order valence-electron chi connectivity index (χ2n) is 7.75. The average Bonchev–Trinajstić information content (AvgIpc) is 3.45. The van der Waals surface area contributed by atoms with Crippen LogP contribution < -0.4 is 0 Å². The number of hydrogen-bond donors (Lipinski definition) is 0. The first-order valence-corrected chi connectivity index (χ1v) is 9.67. The number of hydrogen-bond acceptors (Lipinski definition) is 4. The third-order valence-electron chi connectivity index (χ3n) is 6.14. The van der Waals surface area contributed by atoms with Crippen LogP contribution >= 0.6 is 0 Å². The number of likely N-dealkylation sites (tertiary alicyclic amines) is 1. The van der Waals surface area contributed by atoms with E-state index in [-0.39, 0.29) is 17.9 Å². The third-order valence-corrected chi connectivity index (χ3v) is 6.14. The maximum Gasteiger partial charge on any atom is 0.249 e. The molecule has 5 heteroatoms. The fraction of sp³-hybridized carbons (Fsp3) is 0.476. The molecule has 26 heavy (non-hydrogen) atoms. The summed E-state index contributed by atoms with van der Waals surface area (Å²) in [6.07, 6.45) is 9.73. The van der Waals surface area contributed by atoms with E-state index in [1.165, 1.54) is 0 Å². The second-order valence-corrected chi connectivity index (χ2v) is 7.75. The molecule has 3 aliphatic rings. The van der Waals surface area contributed by atoms with Crippen molar-refractivity contribution in [2.45, 2.75) is 38.1 Å². The van der Waals surface area contributed by atoms with Gasteiger partial charge < -0.3 is 9.42 Å². The van der Waals surface area contributed by atoms with Crippen LogP contribution in [-0.2, 0) is 4.79 Å². The molecule has 2 fully saturated rings. The van der Waals surface area contributed by atoms with Crippen LogP contribution in [0.5, 0.6) is 0 Å². The van der Waals surface area contributed by atoms with Crippen LogP contribution in [0.4, 0.5) is 0 Å². The Kier molecular flexibility index (Phi) is 3.88. The molecule has 1 saturated carbocycles. The third kappa shape index (κ3) is 2.66. The zero-order chi connectivity index (χ0) is 17.5. The fourth-order valence-corrected chi connectivity index (χ4v) is 4.80. The van der Waals surface area contributed by atoms with Gasteiger partial charge in [-0.05, 0) is 43.9 Å². The van der Waals surface area contributed by atoms with E-state index >= 15 is 0 Å². The maximum absolute atomic E-state index is 13.3. The van der Waals surface area contributed by atoms with Crippen LogP contribution in [0.1, 0.15) is 44.0 Å². The van der Waals surface area contributed by atoms with Crippen molar-refractivity contribution in [1.29, 1.82) is 0 Å². The normalized spacial score (nSPS) is 30.1. The largest absolute Gasteiger partial charge is 0.337 e. The van der Waals surface area contributed by atoms with E-state index in [0.717, 1.165) is 44.2 Å². The number of aromatic nitrogens is 2. The topological polar surface area (TPSA) is 59.2 Å². The quantitative estimate of drug-likeness (QED) is 0.786. The molecule has 1 aromatic heterocycles. The van der Waals surface area contributed by atoms with Crippen LogP contribution in [0, 0.1) is 17.8 Å². The minimum Gasteiger partial charge on any atom is -0.337 e. The summed E-state index contributed by atoms with van der Waals surface area (Å²) < 4.78 is 5.59. The van der Waals surface area contributed by atoms with Gasteiger partial charge >= 0.3 is 0 Å². The molecule has 0 radical (unpaired) electrons. The van der Waals surface area contributed by atoms with Gasteiger partial charge in [-0.15, -0.1) is 0 Å². The molecule has 5 rings (SSSR count). The first-order chi connectivity index (χ1) is 12.8. The van der Waals surface area contributed by atoms with Crippen LogP contribution in [0.15, 0.2) is 47.0 Å². The van der Waals surface area contributed by atoms with Crippen molar-refractivity contribution >= 4 is 5.91 Å². The van der Waals surface area contributed by atoms with E-state index in [4.69, 9.17) is 4.52 Å². The highest BCUT2D eigenvalue weighted by molar-refractivity contribution is 5.80. The zero-order valence-electron chi connectivity index (χ0n) is 14.8. The minimum absolute atomic E-state index is 0.0793. The molecule has 2 aromatic rings. The van der Waals surface area contributed by atoms with Crippen LogP contribution in [0.3, 0.4) is 0 Å². The lowest BCUT2D eigenvalue weighted by molar-refractivity contribution is -0.141. The Morgan fingerprint density at radius 2 is 2.00 bits per heavy atom. The summed E-state index contributed by atoms with van der Waals surface area (Å²) in [4.78, 5) is 19.9. The second kappa shape index (κ2) is 6.38. The first kappa shape index (κ1) is 15.8. The molecule has 0 unspecified atom stereocenters. The summed E-state index contributed by atoms with van der Waals surface area (Å²) in [5, 5.41) is 4.16. The monoisotopic (exact) mass is 349 g/mol. The maximum atomic E-state index is 13.3. The van der Waals surface area contributed by atoms with Gasteiger partial charge in [0.2, 0.25) is 17.6 Å². The van der Waals surface area contributed by atoms with Gasteiger partial charge in [0.05, 0.1) is 0 Å². The average molecular weight is 349 g/mol. The summed E-state index contributed by atoms with van der Waals surface area (Å²) in [5.74, 6) is 2.63. The summed E-state index contributed by atoms with van der Waals surface area (Å²) >= 11 is 0. The van der Waals surface area contributed by atoms with Gasteiger partial charge in [0.15, 0.2) is 0 Å². The van der Waals surface area contributed by atoms with Crippen molar-refractivity contribution in [3.8, 4) is 11.4 Å². The molecular formula is C21H23N3O2. The molecule has 0 spiro atoms. The predicted octanol–water partition coefficient (Wildman–Crippen LogP) is 4.00. The molecular weight excluding hydrogens is 326 g/mol. The van der Waals surface area contributed by atoms with Gasteiger partial charge in [-0.1, -0.05) is 47.6 Å². The van der Waals surface area contributed by atoms with Crippen molar-refractivity contribution in [1.82, 2.24) is 15.0 Å². The Morgan fingerprint density at radius 1 is 1.12 bits per heavy atom. The predicted molar refractivity (Wildman–Crippen MR) is 96.9 cm³/mol.